The number of nitrogens with zero attached hydrogens (tertiary/aromatic N) is 3. The van der Waals surface area contributed by atoms with Crippen LogP contribution in [-0.4, -0.2) is 42.3 Å². The molecule has 0 amide bonds. The lowest BCUT2D eigenvalue weighted by atomic mass is 9.83. The van der Waals surface area contributed by atoms with Crippen molar-refractivity contribution in [2.45, 2.75) is 39.0 Å². The molecule has 22 heavy (non-hydrogen) atoms. The Labute approximate surface area is 139 Å². The molecule has 0 N–H and O–H groups in total. The number of halogens is 1. The zero-order chi connectivity index (χ0) is 14.7. The van der Waals surface area contributed by atoms with Crippen LogP contribution < -0.4 is 0 Å². The van der Waals surface area contributed by atoms with E-state index in [1.807, 2.05) is 5.06 Å². The van der Waals surface area contributed by atoms with Gasteiger partial charge in [0.15, 0.2) is 0 Å². The van der Waals surface area contributed by atoms with Gasteiger partial charge in [-0.05, 0) is 43.5 Å². The highest BCUT2D eigenvalue weighted by Crippen LogP contribution is 2.34. The number of aliphatic imine (C=N–C) groups is 1. The summed E-state index contributed by atoms with van der Waals surface area (Å²) in [6.45, 7) is 7.92. The maximum atomic E-state index is 6.03. The molecular weight excluding hydrogens is 298 g/mol. The molecule has 1 aliphatic heterocycles. The normalized spacial score (nSPS) is 21.0. The largest absolute Gasteiger partial charge is 0.387 e. The van der Waals surface area contributed by atoms with Crippen LogP contribution >= 0.6 is 12.4 Å². The Morgan fingerprint density at radius 3 is 2.82 bits per heavy atom. The Bertz CT molecular complexity index is 516. The first-order chi connectivity index (χ1) is 10.3. The topological polar surface area (TPSA) is 28.1 Å². The maximum Gasteiger partial charge on any atom is 0.218 e. The second-order valence-corrected chi connectivity index (χ2v) is 5.80. The highest BCUT2D eigenvalue weighted by molar-refractivity contribution is 5.85. The standard InChI is InChI=1S/C17H25N3O.ClH/c1-3-19(4-2)13-20-12-18-17(21-20)16-11-7-9-14-8-5-6-10-15(14)16;/h5-6,8,10,16H,3-4,7,9,11-13H2,1-2H3;1H. The Kier molecular flexibility index (Phi) is 6.24. The fraction of sp³-hybridized carbons (Fsp3) is 0.588. The van der Waals surface area contributed by atoms with E-state index in [4.69, 9.17) is 4.84 Å². The van der Waals surface area contributed by atoms with Gasteiger partial charge in [-0.3, -0.25) is 4.90 Å². The summed E-state index contributed by atoms with van der Waals surface area (Å²) < 4.78 is 0. The minimum absolute atomic E-state index is 0. The molecule has 0 saturated heterocycles. The third-order valence-corrected chi connectivity index (χ3v) is 4.53. The van der Waals surface area contributed by atoms with Gasteiger partial charge in [0.05, 0.1) is 12.6 Å². The predicted octanol–water partition coefficient (Wildman–Crippen LogP) is 3.43. The van der Waals surface area contributed by atoms with Crippen LogP contribution in [-0.2, 0) is 11.3 Å². The van der Waals surface area contributed by atoms with Gasteiger partial charge in [0.25, 0.3) is 0 Å². The monoisotopic (exact) mass is 323 g/mol. The molecule has 0 radical (unpaired) electrons. The molecule has 3 rings (SSSR count). The van der Waals surface area contributed by atoms with Crippen LogP contribution in [0.4, 0.5) is 0 Å². The molecule has 0 bridgehead atoms. The third kappa shape index (κ3) is 3.62. The number of hydroxylamine groups is 2. The first kappa shape index (κ1) is 17.3. The fourth-order valence-electron chi connectivity index (χ4n) is 3.24. The Morgan fingerprint density at radius 2 is 2.05 bits per heavy atom. The minimum Gasteiger partial charge on any atom is -0.387 e. The highest BCUT2D eigenvalue weighted by atomic mass is 35.5. The van der Waals surface area contributed by atoms with Gasteiger partial charge in [0.2, 0.25) is 5.90 Å². The molecule has 0 spiro atoms. The van der Waals surface area contributed by atoms with Crippen molar-refractivity contribution in [1.29, 1.82) is 0 Å². The van der Waals surface area contributed by atoms with E-state index in [-0.39, 0.29) is 12.4 Å². The molecule has 1 aromatic carbocycles. The molecule has 2 aliphatic rings. The Balaban J connectivity index is 0.00000176. The van der Waals surface area contributed by atoms with Crippen LogP contribution in [0.2, 0.25) is 0 Å². The smallest absolute Gasteiger partial charge is 0.218 e. The van der Waals surface area contributed by atoms with E-state index in [1.54, 1.807) is 0 Å². The molecular formula is C17H26ClN3O. The highest BCUT2D eigenvalue weighted by Gasteiger charge is 2.30. The van der Waals surface area contributed by atoms with E-state index in [0.29, 0.717) is 12.6 Å². The summed E-state index contributed by atoms with van der Waals surface area (Å²) >= 11 is 0. The van der Waals surface area contributed by atoms with Crippen LogP contribution in [0, 0.1) is 0 Å². The van der Waals surface area contributed by atoms with Crippen molar-refractivity contribution in [3.8, 4) is 0 Å². The van der Waals surface area contributed by atoms with Gasteiger partial charge in [0, 0.05) is 0 Å². The number of rotatable bonds is 5. The van der Waals surface area contributed by atoms with E-state index in [1.165, 1.54) is 24.0 Å². The van der Waals surface area contributed by atoms with Crippen molar-refractivity contribution in [3.63, 3.8) is 0 Å². The van der Waals surface area contributed by atoms with E-state index in [9.17, 15) is 0 Å². The van der Waals surface area contributed by atoms with Crippen LogP contribution in [0.25, 0.3) is 0 Å². The van der Waals surface area contributed by atoms with Crippen LogP contribution in [0.1, 0.15) is 43.7 Å². The molecule has 1 unspecified atom stereocenters. The second kappa shape index (κ2) is 7.95. The van der Waals surface area contributed by atoms with Crippen molar-refractivity contribution in [2.24, 2.45) is 4.99 Å². The summed E-state index contributed by atoms with van der Waals surface area (Å²) in [7, 11) is 0. The summed E-state index contributed by atoms with van der Waals surface area (Å²) in [5.74, 6) is 1.26. The number of fused-ring (bicyclic) bond motifs is 1. The average Bonchev–Trinajstić information content (AvgIpc) is 3.00. The lowest BCUT2D eigenvalue weighted by molar-refractivity contribution is -0.0892. The summed E-state index contributed by atoms with van der Waals surface area (Å²) in [6, 6.07) is 8.73. The van der Waals surface area contributed by atoms with Crippen LogP contribution in [0.3, 0.4) is 0 Å². The second-order valence-electron chi connectivity index (χ2n) is 5.80. The molecule has 1 aliphatic carbocycles. The van der Waals surface area contributed by atoms with Gasteiger partial charge >= 0.3 is 0 Å². The van der Waals surface area contributed by atoms with Crippen molar-refractivity contribution >= 4 is 18.3 Å². The molecule has 1 heterocycles. The Hall–Kier alpha value is -1.10. The van der Waals surface area contributed by atoms with Crippen LogP contribution in [0.15, 0.2) is 29.3 Å². The van der Waals surface area contributed by atoms with Crippen molar-refractivity contribution in [2.75, 3.05) is 26.4 Å². The van der Waals surface area contributed by atoms with Gasteiger partial charge in [-0.15, -0.1) is 17.5 Å². The molecule has 122 valence electrons. The summed E-state index contributed by atoms with van der Waals surface area (Å²) in [5, 5.41) is 1.97. The summed E-state index contributed by atoms with van der Waals surface area (Å²) in [4.78, 5) is 13.0. The molecule has 0 saturated carbocycles. The maximum absolute atomic E-state index is 6.03. The first-order valence-electron chi connectivity index (χ1n) is 8.09. The molecule has 0 aromatic heterocycles. The third-order valence-electron chi connectivity index (χ3n) is 4.53. The van der Waals surface area contributed by atoms with Gasteiger partial charge in [0.1, 0.15) is 6.67 Å². The number of hydrogen-bond acceptors (Lipinski definition) is 4. The van der Waals surface area contributed by atoms with Gasteiger partial charge < -0.3 is 4.84 Å². The zero-order valence-corrected chi connectivity index (χ0v) is 14.3. The summed E-state index contributed by atoms with van der Waals surface area (Å²) in [6.07, 6.45) is 3.55. The van der Waals surface area contributed by atoms with Crippen LogP contribution in [0.5, 0.6) is 0 Å². The quantitative estimate of drug-likeness (QED) is 0.831. The number of benzene rings is 1. The van der Waals surface area contributed by atoms with E-state index < -0.39 is 0 Å². The van der Waals surface area contributed by atoms with Gasteiger partial charge in [-0.25, -0.2) is 4.99 Å². The van der Waals surface area contributed by atoms with Crippen molar-refractivity contribution in [1.82, 2.24) is 9.96 Å². The molecule has 5 heteroatoms. The van der Waals surface area contributed by atoms with Gasteiger partial charge in [-0.1, -0.05) is 38.1 Å². The lowest BCUT2D eigenvalue weighted by Gasteiger charge is -2.27. The molecule has 0 fully saturated rings. The van der Waals surface area contributed by atoms with E-state index >= 15 is 0 Å². The molecule has 1 atom stereocenters. The number of aryl methyl sites for hydroxylation is 1. The van der Waals surface area contributed by atoms with Crippen molar-refractivity contribution in [3.05, 3.63) is 35.4 Å². The predicted molar refractivity (Wildman–Crippen MR) is 92.4 cm³/mol. The summed E-state index contributed by atoms with van der Waals surface area (Å²) in [5.41, 5.74) is 2.87. The zero-order valence-electron chi connectivity index (χ0n) is 13.5. The molecule has 1 aromatic rings. The SMILES string of the molecule is CCN(CC)CN1CN=C(C2CCCc3ccccc32)O1.Cl. The first-order valence-corrected chi connectivity index (χ1v) is 8.09. The van der Waals surface area contributed by atoms with Crippen molar-refractivity contribution < 1.29 is 4.84 Å². The number of hydrogen-bond donors (Lipinski definition) is 0. The van der Waals surface area contributed by atoms with E-state index in [0.717, 1.165) is 32.1 Å². The van der Waals surface area contributed by atoms with Gasteiger partial charge in [-0.2, -0.15) is 0 Å². The van der Waals surface area contributed by atoms with E-state index in [2.05, 4.69) is 48.0 Å². The fourth-order valence-corrected chi connectivity index (χ4v) is 3.24. The Morgan fingerprint density at radius 1 is 1.27 bits per heavy atom. The average molecular weight is 324 g/mol. The molecule has 4 nitrogen and oxygen atoms in total. The lowest BCUT2D eigenvalue weighted by Crippen LogP contribution is -2.37. The minimum atomic E-state index is 0.